The van der Waals surface area contributed by atoms with Gasteiger partial charge < -0.3 is 4.57 Å². The molecule has 3 heteroatoms. The Morgan fingerprint density at radius 2 is 2.06 bits per heavy atom. The number of Topliss-reactive ketones (excluding diaryl/α,β-unsaturated/α-hetero) is 1. The summed E-state index contributed by atoms with van der Waals surface area (Å²) in [6.07, 6.45) is 6.35. The van der Waals surface area contributed by atoms with Crippen molar-refractivity contribution in [2.45, 2.75) is 26.8 Å². The molecule has 1 heterocycles. The maximum absolute atomic E-state index is 12.2. The number of aryl methyl sites for hydroxylation is 1. The lowest BCUT2D eigenvalue weighted by atomic mass is 9.98. The summed E-state index contributed by atoms with van der Waals surface area (Å²) in [5.74, 6) is 0.151. The van der Waals surface area contributed by atoms with E-state index in [0.717, 1.165) is 12.0 Å². The molecule has 0 spiro atoms. The van der Waals surface area contributed by atoms with Crippen molar-refractivity contribution < 1.29 is 4.79 Å². The van der Waals surface area contributed by atoms with Crippen LogP contribution in [0.2, 0.25) is 0 Å². The molecular weight excluding hydrogens is 224 g/mol. The van der Waals surface area contributed by atoms with Gasteiger partial charge in [0.25, 0.3) is 0 Å². The number of aromatic nitrogens is 2. The molecule has 0 fully saturated rings. The fraction of sp³-hybridized carbons (Fsp3) is 0.333. The lowest BCUT2D eigenvalue weighted by Crippen LogP contribution is -2.17. The Morgan fingerprint density at radius 3 is 2.61 bits per heavy atom. The van der Waals surface area contributed by atoms with E-state index in [-0.39, 0.29) is 11.7 Å². The molecule has 0 N–H and O–H groups in total. The van der Waals surface area contributed by atoms with Crippen molar-refractivity contribution in [1.82, 2.24) is 9.55 Å². The highest BCUT2D eigenvalue weighted by Gasteiger charge is 2.15. The fourth-order valence-corrected chi connectivity index (χ4v) is 1.98. The Morgan fingerprint density at radius 1 is 1.33 bits per heavy atom. The Balaban J connectivity index is 2.05. The quantitative estimate of drug-likeness (QED) is 0.755. The largest absolute Gasteiger partial charge is 0.337 e. The van der Waals surface area contributed by atoms with E-state index in [2.05, 4.69) is 11.9 Å². The topological polar surface area (TPSA) is 34.9 Å². The maximum atomic E-state index is 12.2. The average molecular weight is 242 g/mol. The highest BCUT2D eigenvalue weighted by molar-refractivity contribution is 5.97. The molecule has 0 saturated carbocycles. The van der Waals surface area contributed by atoms with Crippen LogP contribution in [-0.4, -0.2) is 15.3 Å². The molecule has 0 aliphatic carbocycles. The lowest BCUT2D eigenvalue weighted by Gasteiger charge is -2.11. The van der Waals surface area contributed by atoms with Gasteiger partial charge in [-0.25, -0.2) is 4.98 Å². The second-order valence-corrected chi connectivity index (χ2v) is 4.58. The molecule has 94 valence electrons. The predicted octanol–water partition coefficient (Wildman–Crippen LogP) is 2.96. The van der Waals surface area contributed by atoms with Crippen molar-refractivity contribution in [2.24, 2.45) is 5.92 Å². The normalized spacial score (nSPS) is 12.3. The van der Waals surface area contributed by atoms with E-state index in [1.165, 1.54) is 5.56 Å². The van der Waals surface area contributed by atoms with E-state index < -0.39 is 0 Å². The maximum Gasteiger partial charge on any atom is 0.167 e. The van der Waals surface area contributed by atoms with Crippen LogP contribution in [0.25, 0.3) is 0 Å². The number of rotatable bonds is 5. The highest BCUT2D eigenvalue weighted by Crippen LogP contribution is 2.12. The summed E-state index contributed by atoms with van der Waals surface area (Å²) >= 11 is 0. The molecule has 0 radical (unpaired) electrons. The van der Waals surface area contributed by atoms with Gasteiger partial charge in [-0.05, 0) is 12.0 Å². The zero-order chi connectivity index (χ0) is 13.0. The zero-order valence-electron chi connectivity index (χ0n) is 10.8. The van der Waals surface area contributed by atoms with Crippen molar-refractivity contribution in [3.63, 3.8) is 0 Å². The Bertz CT molecular complexity index is 500. The predicted molar refractivity (Wildman–Crippen MR) is 71.5 cm³/mol. The number of benzene rings is 1. The van der Waals surface area contributed by atoms with Gasteiger partial charge in [0.2, 0.25) is 0 Å². The van der Waals surface area contributed by atoms with Crippen molar-refractivity contribution >= 4 is 5.78 Å². The molecule has 1 atom stereocenters. The van der Waals surface area contributed by atoms with Crippen LogP contribution >= 0.6 is 0 Å². The van der Waals surface area contributed by atoms with Gasteiger partial charge in [-0.15, -0.1) is 0 Å². The molecule has 3 nitrogen and oxygen atoms in total. The minimum Gasteiger partial charge on any atom is -0.337 e. The minimum atomic E-state index is -0.0355. The molecule has 0 aliphatic rings. The molecule has 0 saturated heterocycles. The molecule has 1 aromatic heterocycles. The number of nitrogens with zero attached hydrogens (tertiary/aromatic N) is 2. The van der Waals surface area contributed by atoms with Gasteiger partial charge in [-0.3, -0.25) is 4.79 Å². The van der Waals surface area contributed by atoms with Crippen LogP contribution in [0.1, 0.15) is 29.8 Å². The molecule has 2 rings (SSSR count). The minimum absolute atomic E-state index is 0.0355. The first-order chi connectivity index (χ1) is 8.70. The van der Waals surface area contributed by atoms with Crippen LogP contribution in [0.4, 0.5) is 0 Å². The van der Waals surface area contributed by atoms with E-state index in [9.17, 15) is 4.79 Å². The van der Waals surface area contributed by atoms with Crippen LogP contribution in [0, 0.1) is 5.92 Å². The van der Waals surface area contributed by atoms with Gasteiger partial charge in [0, 0.05) is 30.4 Å². The molecular formula is C15H18N2O. The van der Waals surface area contributed by atoms with Gasteiger partial charge in [0.15, 0.2) is 5.78 Å². The molecule has 0 amide bonds. The summed E-state index contributed by atoms with van der Waals surface area (Å²) in [7, 11) is 0. The number of hydrogen-bond acceptors (Lipinski definition) is 2. The van der Waals surface area contributed by atoms with Crippen LogP contribution in [0.15, 0.2) is 43.0 Å². The third kappa shape index (κ3) is 2.86. The summed E-state index contributed by atoms with van der Waals surface area (Å²) in [6, 6.07) is 7.89. The van der Waals surface area contributed by atoms with Gasteiger partial charge in [-0.1, -0.05) is 38.1 Å². The summed E-state index contributed by atoms with van der Waals surface area (Å²) in [5, 5.41) is 0. The first-order valence-corrected chi connectivity index (χ1v) is 6.29. The van der Waals surface area contributed by atoms with Crippen molar-refractivity contribution in [3.8, 4) is 0 Å². The van der Waals surface area contributed by atoms with Crippen LogP contribution in [0.5, 0.6) is 0 Å². The summed E-state index contributed by atoms with van der Waals surface area (Å²) in [4.78, 5) is 16.2. The zero-order valence-corrected chi connectivity index (χ0v) is 10.8. The smallest absolute Gasteiger partial charge is 0.167 e. The van der Waals surface area contributed by atoms with Crippen molar-refractivity contribution in [3.05, 3.63) is 54.1 Å². The second kappa shape index (κ2) is 5.63. The van der Waals surface area contributed by atoms with E-state index in [4.69, 9.17) is 0 Å². The van der Waals surface area contributed by atoms with Crippen LogP contribution in [-0.2, 0) is 13.0 Å². The fourth-order valence-electron chi connectivity index (χ4n) is 1.98. The number of imidazole rings is 1. The van der Waals surface area contributed by atoms with Crippen molar-refractivity contribution in [1.29, 1.82) is 0 Å². The van der Waals surface area contributed by atoms with Gasteiger partial charge in [-0.2, -0.15) is 0 Å². The summed E-state index contributed by atoms with van der Waals surface area (Å²) in [5.41, 5.74) is 2.05. The Hall–Kier alpha value is -1.90. The molecule has 18 heavy (non-hydrogen) atoms. The van der Waals surface area contributed by atoms with E-state index in [1.54, 1.807) is 12.5 Å². The van der Waals surface area contributed by atoms with Gasteiger partial charge in [0.05, 0.1) is 6.33 Å². The number of carbonyl (C=O) groups excluding carboxylic acids is 1. The summed E-state index contributed by atoms with van der Waals surface area (Å²) < 4.78 is 1.93. The highest BCUT2D eigenvalue weighted by atomic mass is 16.1. The number of hydrogen-bond donors (Lipinski definition) is 0. The van der Waals surface area contributed by atoms with E-state index in [0.29, 0.717) is 6.54 Å². The molecule has 1 aromatic carbocycles. The van der Waals surface area contributed by atoms with Crippen LogP contribution < -0.4 is 0 Å². The second-order valence-electron chi connectivity index (χ2n) is 4.58. The lowest BCUT2D eigenvalue weighted by molar-refractivity contribution is 0.0918. The van der Waals surface area contributed by atoms with Crippen LogP contribution in [0.3, 0.4) is 0 Å². The standard InChI is InChI=1S/C15H18N2O/c1-3-13-4-6-14(7-5-13)15(18)12(2)10-17-9-8-16-11-17/h4-9,11-12H,3,10H2,1-2H3. The van der Waals surface area contributed by atoms with Gasteiger partial charge >= 0.3 is 0 Å². The number of carbonyl (C=O) groups is 1. The monoisotopic (exact) mass is 242 g/mol. The summed E-state index contributed by atoms with van der Waals surface area (Å²) in [6.45, 7) is 4.74. The van der Waals surface area contributed by atoms with Crippen molar-refractivity contribution in [2.75, 3.05) is 0 Å². The molecule has 0 bridgehead atoms. The van der Waals surface area contributed by atoms with E-state index >= 15 is 0 Å². The Kier molecular flexibility index (Phi) is 3.92. The average Bonchev–Trinajstić information content (AvgIpc) is 2.91. The third-order valence-electron chi connectivity index (χ3n) is 3.14. The molecule has 1 unspecified atom stereocenters. The number of ketones is 1. The first-order valence-electron chi connectivity index (χ1n) is 6.29. The molecule has 0 aliphatic heterocycles. The van der Waals surface area contributed by atoms with E-state index in [1.807, 2.05) is 42.0 Å². The molecule has 2 aromatic rings. The first kappa shape index (κ1) is 12.6. The SMILES string of the molecule is CCc1ccc(C(=O)C(C)Cn2ccnc2)cc1. The van der Waals surface area contributed by atoms with Gasteiger partial charge in [0.1, 0.15) is 0 Å². The third-order valence-corrected chi connectivity index (χ3v) is 3.14. The Labute approximate surface area is 107 Å².